The van der Waals surface area contributed by atoms with Crippen molar-refractivity contribution < 1.29 is 4.79 Å². The molecule has 112 valence electrons. The molecule has 0 spiro atoms. The molecule has 1 unspecified atom stereocenters. The molecule has 20 heavy (non-hydrogen) atoms. The summed E-state index contributed by atoms with van der Waals surface area (Å²) < 4.78 is 0. The van der Waals surface area contributed by atoms with Crippen LogP contribution in [0.15, 0.2) is 24.3 Å². The second-order valence-electron chi connectivity index (χ2n) is 6.41. The molecule has 3 heteroatoms. The van der Waals surface area contributed by atoms with Gasteiger partial charge in [-0.25, -0.2) is 0 Å². The number of amides is 1. The molecule has 0 saturated carbocycles. The van der Waals surface area contributed by atoms with E-state index in [0.29, 0.717) is 0 Å². The fraction of sp³-hybridized carbons (Fsp3) is 0.588. The summed E-state index contributed by atoms with van der Waals surface area (Å²) in [4.78, 5) is 12.0. The molecule has 1 aromatic rings. The van der Waals surface area contributed by atoms with Crippen LogP contribution in [0.2, 0.25) is 0 Å². The molecule has 0 fully saturated rings. The molecule has 0 heterocycles. The first kappa shape index (κ1) is 16.5. The Morgan fingerprint density at radius 3 is 2.30 bits per heavy atom. The average molecular weight is 276 g/mol. The molecule has 1 amide bonds. The molecule has 1 aromatic carbocycles. The molecular weight excluding hydrogens is 248 g/mol. The van der Waals surface area contributed by atoms with Gasteiger partial charge in [0, 0.05) is 11.2 Å². The van der Waals surface area contributed by atoms with E-state index >= 15 is 0 Å². The highest BCUT2D eigenvalue weighted by Gasteiger charge is 2.18. The van der Waals surface area contributed by atoms with Crippen LogP contribution in [0.4, 0.5) is 5.69 Å². The van der Waals surface area contributed by atoms with Crippen LogP contribution in [0.1, 0.15) is 53.0 Å². The Labute approximate surface area is 123 Å². The molecule has 0 aliphatic heterocycles. The number of carbonyl (C=O) groups is 1. The van der Waals surface area contributed by atoms with E-state index in [0.717, 1.165) is 12.1 Å². The van der Waals surface area contributed by atoms with E-state index in [9.17, 15) is 4.79 Å². The van der Waals surface area contributed by atoms with Crippen molar-refractivity contribution in [3.05, 3.63) is 29.8 Å². The van der Waals surface area contributed by atoms with Gasteiger partial charge in [-0.1, -0.05) is 25.5 Å². The lowest BCUT2D eigenvalue weighted by atomic mass is 10.1. The summed E-state index contributed by atoms with van der Waals surface area (Å²) in [6.07, 6.45) is 3.55. The number of aryl methyl sites for hydroxylation is 1. The van der Waals surface area contributed by atoms with Crippen molar-refractivity contribution in [3.8, 4) is 0 Å². The van der Waals surface area contributed by atoms with Crippen LogP contribution in [0.5, 0.6) is 0 Å². The smallest absolute Gasteiger partial charge is 0.242 e. The van der Waals surface area contributed by atoms with E-state index in [2.05, 4.69) is 29.7 Å². The standard InChI is InChI=1S/C17H28N2O/c1-6-7-8-14-9-11-15(12-10-14)18-13(2)16(20)19-17(3,4)5/h9-13,18H,6-8H2,1-5H3,(H,19,20). The molecule has 0 aliphatic rings. The molecule has 2 N–H and O–H groups in total. The van der Waals surface area contributed by atoms with Crippen LogP contribution >= 0.6 is 0 Å². The number of benzene rings is 1. The predicted molar refractivity (Wildman–Crippen MR) is 86.0 cm³/mol. The Hall–Kier alpha value is -1.51. The molecule has 0 aromatic heterocycles. The van der Waals surface area contributed by atoms with Crippen molar-refractivity contribution in [1.29, 1.82) is 0 Å². The lowest BCUT2D eigenvalue weighted by Crippen LogP contribution is -2.47. The Morgan fingerprint density at radius 1 is 1.20 bits per heavy atom. The Bertz CT molecular complexity index is 418. The van der Waals surface area contributed by atoms with Gasteiger partial charge in [0.15, 0.2) is 0 Å². The van der Waals surface area contributed by atoms with Gasteiger partial charge in [0.1, 0.15) is 6.04 Å². The topological polar surface area (TPSA) is 41.1 Å². The molecule has 1 atom stereocenters. The van der Waals surface area contributed by atoms with Crippen molar-refractivity contribution in [2.24, 2.45) is 0 Å². The Balaban J connectivity index is 2.53. The Kier molecular flexibility index (Phi) is 6.05. The number of hydrogen-bond acceptors (Lipinski definition) is 2. The monoisotopic (exact) mass is 276 g/mol. The third-order valence-electron chi connectivity index (χ3n) is 3.05. The first-order valence-corrected chi connectivity index (χ1v) is 7.49. The number of nitrogens with one attached hydrogen (secondary N) is 2. The summed E-state index contributed by atoms with van der Waals surface area (Å²) in [5.74, 6) is 0.0209. The highest BCUT2D eigenvalue weighted by molar-refractivity contribution is 5.84. The van der Waals surface area contributed by atoms with Crippen LogP contribution in [0.25, 0.3) is 0 Å². The maximum Gasteiger partial charge on any atom is 0.242 e. The van der Waals surface area contributed by atoms with Crippen LogP contribution in [-0.4, -0.2) is 17.5 Å². The van der Waals surface area contributed by atoms with Gasteiger partial charge in [0.05, 0.1) is 0 Å². The summed E-state index contributed by atoms with van der Waals surface area (Å²) in [6.45, 7) is 10.0. The summed E-state index contributed by atoms with van der Waals surface area (Å²) in [5, 5.41) is 6.21. The maximum atomic E-state index is 12.0. The minimum atomic E-state index is -0.240. The highest BCUT2D eigenvalue weighted by Crippen LogP contribution is 2.13. The van der Waals surface area contributed by atoms with Gasteiger partial charge in [-0.3, -0.25) is 4.79 Å². The van der Waals surface area contributed by atoms with E-state index < -0.39 is 0 Å². The third-order valence-corrected chi connectivity index (χ3v) is 3.05. The third kappa shape index (κ3) is 6.09. The lowest BCUT2D eigenvalue weighted by Gasteiger charge is -2.24. The van der Waals surface area contributed by atoms with E-state index in [-0.39, 0.29) is 17.5 Å². The quantitative estimate of drug-likeness (QED) is 0.831. The van der Waals surface area contributed by atoms with Gasteiger partial charge in [-0.15, -0.1) is 0 Å². The van der Waals surface area contributed by atoms with Crippen molar-refractivity contribution in [2.75, 3.05) is 5.32 Å². The summed E-state index contributed by atoms with van der Waals surface area (Å²) in [5.41, 5.74) is 2.14. The number of carbonyl (C=O) groups excluding carboxylic acids is 1. The molecule has 0 radical (unpaired) electrons. The van der Waals surface area contributed by atoms with Gasteiger partial charge in [0.25, 0.3) is 0 Å². The van der Waals surface area contributed by atoms with Crippen molar-refractivity contribution in [3.63, 3.8) is 0 Å². The minimum absolute atomic E-state index is 0.0209. The second kappa shape index (κ2) is 7.32. The largest absolute Gasteiger partial charge is 0.374 e. The minimum Gasteiger partial charge on any atom is -0.374 e. The summed E-state index contributed by atoms with van der Waals surface area (Å²) in [6, 6.07) is 8.12. The zero-order valence-electron chi connectivity index (χ0n) is 13.4. The number of hydrogen-bond donors (Lipinski definition) is 2. The first-order valence-electron chi connectivity index (χ1n) is 7.49. The molecular formula is C17H28N2O. The molecule has 0 bridgehead atoms. The first-order chi connectivity index (χ1) is 9.31. The van der Waals surface area contributed by atoms with Crippen LogP contribution in [0, 0.1) is 0 Å². The highest BCUT2D eigenvalue weighted by atomic mass is 16.2. The van der Waals surface area contributed by atoms with Crippen LogP contribution in [-0.2, 0) is 11.2 Å². The average Bonchev–Trinajstić information content (AvgIpc) is 2.36. The molecule has 1 rings (SSSR count). The van der Waals surface area contributed by atoms with Gasteiger partial charge in [-0.05, 0) is 58.2 Å². The molecule has 3 nitrogen and oxygen atoms in total. The lowest BCUT2D eigenvalue weighted by molar-refractivity contribution is -0.122. The number of rotatable bonds is 6. The molecule has 0 saturated heterocycles. The van der Waals surface area contributed by atoms with Gasteiger partial charge >= 0.3 is 0 Å². The maximum absolute atomic E-state index is 12.0. The molecule has 0 aliphatic carbocycles. The van der Waals surface area contributed by atoms with Crippen LogP contribution < -0.4 is 10.6 Å². The number of anilines is 1. The van der Waals surface area contributed by atoms with Crippen molar-refractivity contribution >= 4 is 11.6 Å². The summed E-state index contributed by atoms with van der Waals surface area (Å²) >= 11 is 0. The van der Waals surface area contributed by atoms with E-state index in [1.807, 2.05) is 39.8 Å². The Morgan fingerprint density at radius 2 is 1.80 bits per heavy atom. The SMILES string of the molecule is CCCCc1ccc(NC(C)C(=O)NC(C)(C)C)cc1. The van der Waals surface area contributed by atoms with E-state index in [1.54, 1.807) is 0 Å². The van der Waals surface area contributed by atoms with Gasteiger partial charge < -0.3 is 10.6 Å². The zero-order valence-corrected chi connectivity index (χ0v) is 13.4. The normalized spacial score (nSPS) is 12.8. The van der Waals surface area contributed by atoms with Crippen LogP contribution in [0.3, 0.4) is 0 Å². The van der Waals surface area contributed by atoms with Gasteiger partial charge in [0.2, 0.25) is 5.91 Å². The predicted octanol–water partition coefficient (Wildman–Crippen LogP) is 3.74. The van der Waals surface area contributed by atoms with Crippen molar-refractivity contribution in [2.45, 2.75) is 65.5 Å². The second-order valence-corrected chi connectivity index (χ2v) is 6.41. The van der Waals surface area contributed by atoms with E-state index in [4.69, 9.17) is 0 Å². The fourth-order valence-corrected chi connectivity index (χ4v) is 1.94. The van der Waals surface area contributed by atoms with Gasteiger partial charge in [-0.2, -0.15) is 0 Å². The van der Waals surface area contributed by atoms with Crippen molar-refractivity contribution in [1.82, 2.24) is 5.32 Å². The zero-order chi connectivity index (χ0) is 15.2. The summed E-state index contributed by atoms with van der Waals surface area (Å²) in [7, 11) is 0. The fourth-order valence-electron chi connectivity index (χ4n) is 1.94. The number of unbranched alkanes of at least 4 members (excludes halogenated alkanes) is 1. The van der Waals surface area contributed by atoms with E-state index in [1.165, 1.54) is 18.4 Å².